The lowest BCUT2D eigenvalue weighted by Gasteiger charge is -2.55. The highest BCUT2D eigenvalue weighted by Gasteiger charge is 2.54. The summed E-state index contributed by atoms with van der Waals surface area (Å²) in [6.07, 6.45) is 5.53. The van der Waals surface area contributed by atoms with Gasteiger partial charge in [-0.05, 0) is 87.5 Å². The smallest absolute Gasteiger partial charge is 0.326 e. The van der Waals surface area contributed by atoms with Crippen LogP contribution in [0.15, 0.2) is 24.3 Å². The summed E-state index contributed by atoms with van der Waals surface area (Å²) in [5.41, 5.74) is 0.813. The fourth-order valence-electron chi connectivity index (χ4n) is 6.11. The van der Waals surface area contributed by atoms with E-state index in [1.54, 1.807) is 24.3 Å². The average Bonchev–Trinajstić information content (AvgIpc) is 2.72. The van der Waals surface area contributed by atoms with Gasteiger partial charge in [-0.2, -0.15) is 0 Å². The quantitative estimate of drug-likeness (QED) is 0.563. The Hall–Kier alpha value is -2.90. The van der Waals surface area contributed by atoms with Gasteiger partial charge in [-0.25, -0.2) is 0 Å². The molecule has 8 heteroatoms. The summed E-state index contributed by atoms with van der Waals surface area (Å²) in [7, 11) is 0. The Morgan fingerprint density at radius 3 is 1.94 bits per heavy atom. The highest BCUT2D eigenvalue weighted by Crippen LogP contribution is 2.60. The van der Waals surface area contributed by atoms with Gasteiger partial charge in [-0.1, -0.05) is 0 Å². The molecule has 0 aliphatic heterocycles. The van der Waals surface area contributed by atoms with E-state index in [0.29, 0.717) is 29.1 Å². The molecule has 3 N–H and O–H groups in total. The van der Waals surface area contributed by atoms with Crippen LogP contribution in [0.1, 0.15) is 52.4 Å². The van der Waals surface area contributed by atoms with Crippen molar-refractivity contribution >= 4 is 35.1 Å². The lowest BCUT2D eigenvalue weighted by atomic mass is 9.49. The Kier molecular flexibility index (Phi) is 6.22. The normalized spacial score (nSPS) is 28.5. The summed E-state index contributed by atoms with van der Waals surface area (Å²) < 4.78 is 5.21. The lowest BCUT2D eigenvalue weighted by Crippen LogP contribution is -2.54. The molecule has 0 aromatic heterocycles. The Morgan fingerprint density at radius 2 is 1.44 bits per heavy atom. The first kappa shape index (κ1) is 22.3. The summed E-state index contributed by atoms with van der Waals surface area (Å²) in [5.74, 6) is 0.618. The van der Waals surface area contributed by atoms with Crippen LogP contribution in [0.3, 0.4) is 0 Å². The van der Waals surface area contributed by atoms with E-state index >= 15 is 0 Å². The molecule has 1 aromatic carbocycles. The van der Waals surface area contributed by atoms with Crippen molar-refractivity contribution in [1.29, 1.82) is 0 Å². The largest absolute Gasteiger partial charge is 0.451 e. The Labute approximate surface area is 187 Å². The van der Waals surface area contributed by atoms with Gasteiger partial charge in [0.05, 0.1) is 0 Å². The summed E-state index contributed by atoms with van der Waals surface area (Å²) in [4.78, 5) is 48.6. The van der Waals surface area contributed by atoms with Crippen LogP contribution in [0.5, 0.6) is 0 Å². The van der Waals surface area contributed by atoms with E-state index in [1.807, 2.05) is 0 Å². The standard InChI is InChI=1S/C24H31N3O5/c1-14(22(30)27-20-5-3-19(4-6-20)26-15(2)28)32-21(29)13-25-23(31)24-10-16-7-17(11-24)9-18(8-16)12-24/h3-6,14,16-18H,7-13H2,1-2H3,(H,25,31)(H,26,28)(H,27,30)/t14-,16?,17?,18?,24?/m0/s1. The van der Waals surface area contributed by atoms with E-state index in [9.17, 15) is 19.2 Å². The lowest BCUT2D eigenvalue weighted by molar-refractivity contribution is -0.155. The number of carbonyl (C=O) groups is 4. The van der Waals surface area contributed by atoms with Crippen LogP contribution >= 0.6 is 0 Å². The first-order valence-electron chi connectivity index (χ1n) is 11.4. The minimum Gasteiger partial charge on any atom is -0.451 e. The van der Waals surface area contributed by atoms with Crippen LogP contribution in [-0.4, -0.2) is 36.3 Å². The van der Waals surface area contributed by atoms with Gasteiger partial charge in [-0.3, -0.25) is 19.2 Å². The second kappa shape index (κ2) is 8.92. The molecule has 1 atom stereocenters. The molecule has 0 saturated heterocycles. The van der Waals surface area contributed by atoms with Gasteiger partial charge in [-0.15, -0.1) is 0 Å². The summed E-state index contributed by atoms with van der Waals surface area (Å²) in [6, 6.07) is 6.61. The number of amides is 3. The first-order chi connectivity index (χ1) is 15.2. The fraction of sp³-hybridized carbons (Fsp3) is 0.583. The van der Waals surface area contributed by atoms with E-state index in [2.05, 4.69) is 16.0 Å². The molecule has 4 bridgehead atoms. The molecule has 0 heterocycles. The van der Waals surface area contributed by atoms with Crippen molar-refractivity contribution < 1.29 is 23.9 Å². The van der Waals surface area contributed by atoms with Crippen LogP contribution in [0.4, 0.5) is 11.4 Å². The SMILES string of the molecule is CC(=O)Nc1ccc(NC(=O)[C@H](C)OC(=O)CNC(=O)C23CC4CC(CC(C4)C2)C3)cc1. The predicted octanol–water partition coefficient (Wildman–Crippen LogP) is 2.85. The zero-order valence-corrected chi connectivity index (χ0v) is 18.6. The minimum atomic E-state index is -1.01. The zero-order chi connectivity index (χ0) is 22.9. The highest BCUT2D eigenvalue weighted by molar-refractivity contribution is 5.96. The molecule has 1 aromatic rings. The Balaban J connectivity index is 1.23. The summed E-state index contributed by atoms with van der Waals surface area (Å²) >= 11 is 0. The number of anilines is 2. The number of benzene rings is 1. The number of ether oxygens (including phenoxy) is 1. The Bertz CT molecular complexity index is 875. The number of hydrogen-bond donors (Lipinski definition) is 3. The Morgan fingerprint density at radius 1 is 0.938 bits per heavy atom. The molecular formula is C24H31N3O5. The maximum Gasteiger partial charge on any atom is 0.326 e. The van der Waals surface area contributed by atoms with E-state index in [4.69, 9.17) is 4.74 Å². The van der Waals surface area contributed by atoms with Gasteiger partial charge >= 0.3 is 5.97 Å². The van der Waals surface area contributed by atoms with E-state index in [1.165, 1.54) is 33.1 Å². The van der Waals surface area contributed by atoms with Crippen molar-refractivity contribution in [2.24, 2.45) is 23.2 Å². The number of carbonyl (C=O) groups excluding carboxylic acids is 4. The molecule has 0 unspecified atom stereocenters. The third-order valence-corrected chi connectivity index (χ3v) is 7.06. The van der Waals surface area contributed by atoms with Gasteiger partial charge < -0.3 is 20.7 Å². The number of esters is 1. The monoisotopic (exact) mass is 441 g/mol. The van der Waals surface area contributed by atoms with Gasteiger partial charge in [0.15, 0.2) is 6.10 Å². The van der Waals surface area contributed by atoms with Crippen molar-refractivity contribution in [3.8, 4) is 0 Å². The van der Waals surface area contributed by atoms with E-state index < -0.39 is 18.0 Å². The minimum absolute atomic E-state index is 0.0371. The van der Waals surface area contributed by atoms with Crippen molar-refractivity contribution in [3.63, 3.8) is 0 Å². The third-order valence-electron chi connectivity index (χ3n) is 7.06. The van der Waals surface area contributed by atoms with Crippen molar-refractivity contribution in [3.05, 3.63) is 24.3 Å². The molecule has 0 spiro atoms. The third kappa shape index (κ3) is 4.95. The fourth-order valence-corrected chi connectivity index (χ4v) is 6.11. The number of hydrogen-bond acceptors (Lipinski definition) is 5. The topological polar surface area (TPSA) is 114 Å². The van der Waals surface area contributed by atoms with Crippen LogP contribution in [0, 0.1) is 23.2 Å². The average molecular weight is 442 g/mol. The first-order valence-corrected chi connectivity index (χ1v) is 11.4. The van der Waals surface area contributed by atoms with E-state index in [0.717, 1.165) is 19.3 Å². The second-order valence-corrected chi connectivity index (χ2v) is 9.76. The molecule has 5 rings (SSSR count). The maximum atomic E-state index is 12.9. The molecular weight excluding hydrogens is 410 g/mol. The van der Waals surface area contributed by atoms with Gasteiger partial charge in [0.1, 0.15) is 6.54 Å². The van der Waals surface area contributed by atoms with Crippen molar-refractivity contribution in [1.82, 2.24) is 5.32 Å². The molecule has 4 aliphatic rings. The second-order valence-electron chi connectivity index (χ2n) is 9.76. The van der Waals surface area contributed by atoms with Crippen LogP contribution in [0.25, 0.3) is 0 Å². The van der Waals surface area contributed by atoms with Crippen LogP contribution in [-0.2, 0) is 23.9 Å². The van der Waals surface area contributed by atoms with Gasteiger partial charge in [0.25, 0.3) is 5.91 Å². The summed E-state index contributed by atoms with van der Waals surface area (Å²) in [5, 5.41) is 8.08. The number of nitrogens with one attached hydrogen (secondary N) is 3. The van der Waals surface area contributed by atoms with Crippen molar-refractivity contribution in [2.75, 3.05) is 17.2 Å². The molecule has 0 radical (unpaired) electrons. The van der Waals surface area contributed by atoms with Crippen LogP contribution in [0.2, 0.25) is 0 Å². The molecule has 4 saturated carbocycles. The molecule has 4 aliphatic carbocycles. The van der Waals surface area contributed by atoms with E-state index in [-0.39, 0.29) is 23.8 Å². The van der Waals surface area contributed by atoms with Crippen LogP contribution < -0.4 is 16.0 Å². The van der Waals surface area contributed by atoms with Gasteiger partial charge in [0, 0.05) is 23.7 Å². The molecule has 4 fully saturated rings. The predicted molar refractivity (Wildman–Crippen MR) is 119 cm³/mol. The summed E-state index contributed by atoms with van der Waals surface area (Å²) in [6.45, 7) is 2.67. The van der Waals surface area contributed by atoms with Crippen molar-refractivity contribution in [2.45, 2.75) is 58.5 Å². The zero-order valence-electron chi connectivity index (χ0n) is 18.6. The molecule has 32 heavy (non-hydrogen) atoms. The molecule has 8 nitrogen and oxygen atoms in total. The van der Waals surface area contributed by atoms with Gasteiger partial charge in [0.2, 0.25) is 11.8 Å². The molecule has 3 amide bonds. The maximum absolute atomic E-state index is 12.9. The molecule has 172 valence electrons. The highest BCUT2D eigenvalue weighted by atomic mass is 16.5. The number of rotatable bonds is 7.